The third kappa shape index (κ3) is 3.87. The lowest BCUT2D eigenvalue weighted by Crippen LogP contribution is -2.13. The van der Waals surface area contributed by atoms with Gasteiger partial charge in [0.25, 0.3) is 0 Å². The van der Waals surface area contributed by atoms with Gasteiger partial charge in [0.15, 0.2) is 0 Å². The predicted molar refractivity (Wildman–Crippen MR) is 80.2 cm³/mol. The Morgan fingerprint density at radius 2 is 1.90 bits per heavy atom. The minimum absolute atomic E-state index is 0.145. The van der Waals surface area contributed by atoms with Crippen LogP contribution in [-0.2, 0) is 19.4 Å². The van der Waals surface area contributed by atoms with Crippen molar-refractivity contribution in [2.45, 2.75) is 33.2 Å². The van der Waals surface area contributed by atoms with Gasteiger partial charge in [0.1, 0.15) is 5.82 Å². The third-order valence-electron chi connectivity index (χ3n) is 3.36. The topological polar surface area (TPSA) is 24.9 Å². The monoisotopic (exact) mass is 272 g/mol. The van der Waals surface area contributed by atoms with Gasteiger partial charge in [-0.15, -0.1) is 0 Å². The van der Waals surface area contributed by atoms with Crippen molar-refractivity contribution in [2.75, 3.05) is 6.54 Å². The molecule has 2 nitrogen and oxygen atoms in total. The zero-order chi connectivity index (χ0) is 14.4. The molecular formula is C17H21FN2. The Hall–Kier alpha value is -1.74. The van der Waals surface area contributed by atoms with Crippen LogP contribution < -0.4 is 5.32 Å². The Kier molecular flexibility index (Phi) is 5.24. The largest absolute Gasteiger partial charge is 0.313 e. The van der Waals surface area contributed by atoms with Crippen LogP contribution in [0.15, 0.2) is 36.5 Å². The molecule has 2 rings (SSSR count). The van der Waals surface area contributed by atoms with E-state index >= 15 is 0 Å². The van der Waals surface area contributed by atoms with Gasteiger partial charge in [-0.25, -0.2) is 4.39 Å². The molecule has 0 saturated carbocycles. The Bertz CT molecular complexity index is 549. The Balaban J connectivity index is 2.07. The van der Waals surface area contributed by atoms with Gasteiger partial charge in [-0.3, -0.25) is 4.98 Å². The number of nitrogens with one attached hydrogen (secondary N) is 1. The molecule has 0 radical (unpaired) electrons. The Labute approximate surface area is 120 Å². The lowest BCUT2D eigenvalue weighted by molar-refractivity contribution is 0.591. The summed E-state index contributed by atoms with van der Waals surface area (Å²) in [4.78, 5) is 4.41. The zero-order valence-corrected chi connectivity index (χ0v) is 12.1. The molecule has 0 spiro atoms. The molecule has 0 amide bonds. The summed E-state index contributed by atoms with van der Waals surface area (Å²) in [5.41, 5.74) is 3.87. The van der Waals surface area contributed by atoms with Crippen molar-refractivity contribution in [3.8, 4) is 0 Å². The van der Waals surface area contributed by atoms with Gasteiger partial charge < -0.3 is 5.32 Å². The van der Waals surface area contributed by atoms with E-state index < -0.39 is 0 Å². The summed E-state index contributed by atoms with van der Waals surface area (Å²) in [6.45, 7) is 5.54. The number of pyridine rings is 1. The summed E-state index contributed by atoms with van der Waals surface area (Å²) in [5.74, 6) is -0.145. The number of halogens is 1. The van der Waals surface area contributed by atoms with Crippen molar-refractivity contribution in [2.24, 2.45) is 0 Å². The molecule has 0 atom stereocenters. The van der Waals surface area contributed by atoms with Crippen molar-refractivity contribution < 1.29 is 4.39 Å². The van der Waals surface area contributed by atoms with Crippen LogP contribution in [0.5, 0.6) is 0 Å². The molecule has 1 N–H and O–H groups in total. The lowest BCUT2D eigenvalue weighted by Gasteiger charge is -2.07. The number of aromatic nitrogens is 1. The van der Waals surface area contributed by atoms with Crippen LogP contribution in [0.3, 0.4) is 0 Å². The van der Waals surface area contributed by atoms with Crippen molar-refractivity contribution >= 4 is 0 Å². The second-order valence-electron chi connectivity index (χ2n) is 4.89. The van der Waals surface area contributed by atoms with E-state index in [1.807, 2.05) is 31.3 Å². The molecule has 0 saturated heterocycles. The smallest absolute Gasteiger partial charge is 0.127 e. The summed E-state index contributed by atoms with van der Waals surface area (Å²) < 4.78 is 13.9. The van der Waals surface area contributed by atoms with E-state index in [1.54, 1.807) is 6.07 Å². The molecular weight excluding hydrogens is 251 g/mol. The molecule has 0 fully saturated rings. The number of nitrogens with zero attached hydrogens (tertiary/aromatic N) is 1. The van der Waals surface area contributed by atoms with Crippen LogP contribution in [-0.4, -0.2) is 11.5 Å². The minimum atomic E-state index is -0.145. The highest BCUT2D eigenvalue weighted by Crippen LogP contribution is 2.14. The summed E-state index contributed by atoms with van der Waals surface area (Å²) >= 11 is 0. The van der Waals surface area contributed by atoms with Gasteiger partial charge in [0.2, 0.25) is 0 Å². The summed E-state index contributed by atoms with van der Waals surface area (Å²) in [6, 6.07) is 9.54. The fourth-order valence-corrected chi connectivity index (χ4v) is 2.08. The van der Waals surface area contributed by atoms with Crippen molar-refractivity contribution in [1.82, 2.24) is 10.3 Å². The molecule has 106 valence electrons. The van der Waals surface area contributed by atoms with Crippen LogP contribution in [0.4, 0.5) is 4.39 Å². The first kappa shape index (κ1) is 14.7. The molecule has 1 aromatic carbocycles. The van der Waals surface area contributed by atoms with E-state index in [-0.39, 0.29) is 5.82 Å². The first-order valence-electron chi connectivity index (χ1n) is 7.14. The van der Waals surface area contributed by atoms with Gasteiger partial charge in [0.05, 0.1) is 0 Å². The SMILES string of the molecule is CCNCc1ccc(Cc2ccc(CC)cn2)cc1F. The normalized spacial score (nSPS) is 10.8. The summed E-state index contributed by atoms with van der Waals surface area (Å²) in [5, 5.41) is 3.13. The minimum Gasteiger partial charge on any atom is -0.313 e. The highest BCUT2D eigenvalue weighted by atomic mass is 19.1. The van der Waals surface area contributed by atoms with Crippen LogP contribution in [0.25, 0.3) is 0 Å². The molecule has 0 aliphatic heterocycles. The van der Waals surface area contributed by atoms with Crippen LogP contribution in [0.1, 0.15) is 36.2 Å². The summed E-state index contributed by atoms with van der Waals surface area (Å²) in [6.07, 6.45) is 3.55. The number of aryl methyl sites for hydroxylation is 1. The molecule has 1 heterocycles. The molecule has 20 heavy (non-hydrogen) atoms. The zero-order valence-electron chi connectivity index (χ0n) is 12.1. The number of rotatable bonds is 6. The van der Waals surface area contributed by atoms with E-state index in [9.17, 15) is 4.39 Å². The highest BCUT2D eigenvalue weighted by molar-refractivity contribution is 5.28. The fraction of sp³-hybridized carbons (Fsp3) is 0.353. The molecule has 0 aliphatic rings. The number of hydrogen-bond donors (Lipinski definition) is 1. The fourth-order valence-electron chi connectivity index (χ4n) is 2.08. The van der Waals surface area contributed by atoms with Crippen molar-refractivity contribution in [3.05, 3.63) is 64.7 Å². The highest BCUT2D eigenvalue weighted by Gasteiger charge is 2.04. The Morgan fingerprint density at radius 3 is 2.50 bits per heavy atom. The van der Waals surface area contributed by atoms with Crippen LogP contribution >= 0.6 is 0 Å². The maximum Gasteiger partial charge on any atom is 0.127 e. The lowest BCUT2D eigenvalue weighted by atomic mass is 10.1. The van der Waals surface area contributed by atoms with Gasteiger partial charge in [-0.05, 0) is 36.2 Å². The molecule has 1 aromatic heterocycles. The molecule has 0 unspecified atom stereocenters. The van der Waals surface area contributed by atoms with E-state index in [0.717, 1.165) is 24.2 Å². The Morgan fingerprint density at radius 1 is 1.10 bits per heavy atom. The first-order chi connectivity index (χ1) is 9.72. The van der Waals surface area contributed by atoms with Gasteiger partial charge in [0, 0.05) is 30.4 Å². The molecule has 0 bridgehead atoms. The molecule has 3 heteroatoms. The second-order valence-corrected chi connectivity index (χ2v) is 4.89. The van der Waals surface area contributed by atoms with Crippen molar-refractivity contribution in [3.63, 3.8) is 0 Å². The number of benzene rings is 1. The van der Waals surface area contributed by atoms with Gasteiger partial charge in [-0.1, -0.05) is 32.0 Å². The molecule has 2 aromatic rings. The van der Waals surface area contributed by atoms with Crippen LogP contribution in [0, 0.1) is 5.82 Å². The maximum absolute atomic E-state index is 13.9. The quantitative estimate of drug-likeness (QED) is 0.870. The van der Waals surface area contributed by atoms with E-state index in [4.69, 9.17) is 0 Å². The maximum atomic E-state index is 13.9. The average Bonchev–Trinajstić information content (AvgIpc) is 2.47. The average molecular weight is 272 g/mol. The van der Waals surface area contributed by atoms with Gasteiger partial charge in [-0.2, -0.15) is 0 Å². The van der Waals surface area contributed by atoms with E-state index in [1.165, 1.54) is 5.56 Å². The second kappa shape index (κ2) is 7.15. The van der Waals surface area contributed by atoms with E-state index in [2.05, 4.69) is 23.3 Å². The number of hydrogen-bond acceptors (Lipinski definition) is 2. The predicted octanol–water partition coefficient (Wildman–Crippen LogP) is 3.48. The van der Waals surface area contributed by atoms with Gasteiger partial charge >= 0.3 is 0 Å². The molecule has 0 aliphatic carbocycles. The van der Waals surface area contributed by atoms with Crippen LogP contribution in [0.2, 0.25) is 0 Å². The van der Waals surface area contributed by atoms with E-state index in [0.29, 0.717) is 18.5 Å². The first-order valence-corrected chi connectivity index (χ1v) is 7.14. The standard InChI is InChI=1S/C17H21FN2/c1-3-13-6-8-16(20-11-13)9-14-5-7-15(12-19-4-2)17(18)10-14/h5-8,10-11,19H,3-4,9,12H2,1-2H3. The third-order valence-corrected chi connectivity index (χ3v) is 3.36. The van der Waals surface area contributed by atoms with Crippen molar-refractivity contribution in [1.29, 1.82) is 0 Å². The summed E-state index contributed by atoms with van der Waals surface area (Å²) in [7, 11) is 0.